The quantitative estimate of drug-likeness (QED) is 0.272. The lowest BCUT2D eigenvalue weighted by molar-refractivity contribution is -0.152. The first-order valence-electron chi connectivity index (χ1n) is 15.8. The van der Waals surface area contributed by atoms with E-state index in [4.69, 9.17) is 16.3 Å². The molecule has 1 atom stereocenters. The number of hydrogen-bond acceptors (Lipinski definition) is 8. The Bertz CT molecular complexity index is 2070. The summed E-state index contributed by atoms with van der Waals surface area (Å²) < 4.78 is 65.2. The van der Waals surface area contributed by atoms with Crippen LogP contribution < -0.4 is 0 Å². The number of halogens is 1. The first kappa shape index (κ1) is 33.2. The summed E-state index contributed by atoms with van der Waals surface area (Å²) in [6.07, 6.45) is 1.59. The van der Waals surface area contributed by atoms with E-state index in [0.29, 0.717) is 17.0 Å². The van der Waals surface area contributed by atoms with Crippen molar-refractivity contribution >= 4 is 48.5 Å². The third kappa shape index (κ3) is 5.36. The van der Waals surface area contributed by atoms with Crippen LogP contribution in [0, 0.1) is 0 Å². The van der Waals surface area contributed by atoms with Crippen molar-refractivity contribution in [1.29, 1.82) is 0 Å². The Morgan fingerprint density at radius 1 is 0.854 bits per heavy atom. The summed E-state index contributed by atoms with van der Waals surface area (Å²) in [4.78, 5) is 20.3. The highest BCUT2D eigenvalue weighted by Crippen LogP contribution is 2.46. The van der Waals surface area contributed by atoms with Crippen molar-refractivity contribution in [3.8, 4) is 0 Å². The Morgan fingerprint density at radius 3 is 2.19 bits per heavy atom. The number of piperidine rings is 1. The van der Waals surface area contributed by atoms with Gasteiger partial charge in [0.2, 0.25) is 5.91 Å². The average molecular weight is 712 g/mol. The van der Waals surface area contributed by atoms with Crippen LogP contribution >= 0.6 is 11.6 Å². The van der Waals surface area contributed by atoms with Crippen molar-refractivity contribution in [2.45, 2.75) is 40.5 Å². The zero-order valence-corrected chi connectivity index (χ0v) is 29.2. The van der Waals surface area contributed by atoms with Crippen molar-refractivity contribution in [1.82, 2.24) is 23.0 Å². The van der Waals surface area contributed by atoms with Gasteiger partial charge in [-0.25, -0.2) is 20.8 Å². The molecule has 14 heteroatoms. The van der Waals surface area contributed by atoms with E-state index in [0.717, 1.165) is 40.8 Å². The van der Waals surface area contributed by atoms with E-state index in [1.165, 1.54) is 42.0 Å². The number of likely N-dealkylation sites (tertiary alicyclic amines) is 1. The number of methoxy groups -OCH3 is 1. The minimum atomic E-state index is -4.56. The minimum Gasteiger partial charge on any atom is -0.381 e. The van der Waals surface area contributed by atoms with Gasteiger partial charge >= 0.3 is 0 Å². The third-order valence-corrected chi connectivity index (χ3v) is 14.2. The Balaban J connectivity index is 1.24. The van der Waals surface area contributed by atoms with Gasteiger partial charge in [-0.15, -0.1) is 0 Å². The van der Waals surface area contributed by atoms with Crippen LogP contribution in [0.5, 0.6) is 0 Å². The molecule has 0 bridgehead atoms. The van der Waals surface area contributed by atoms with Crippen LogP contribution in [-0.4, -0.2) is 110 Å². The maximum Gasteiger partial charge on any atom is 0.269 e. The summed E-state index contributed by atoms with van der Waals surface area (Å²) in [6, 6.07) is 23.8. The Hall–Kier alpha value is -3.30. The van der Waals surface area contributed by atoms with Crippen LogP contribution in [0.3, 0.4) is 0 Å². The lowest BCUT2D eigenvalue weighted by Gasteiger charge is -2.50. The number of piperazine rings is 1. The fourth-order valence-electron chi connectivity index (χ4n) is 7.73. The summed E-state index contributed by atoms with van der Waals surface area (Å²) in [5.74, 6) is -0.353. The van der Waals surface area contributed by atoms with E-state index in [-0.39, 0.29) is 35.0 Å². The minimum absolute atomic E-state index is 0.0678. The zero-order chi connectivity index (χ0) is 33.9. The van der Waals surface area contributed by atoms with Crippen LogP contribution in [0.4, 0.5) is 0 Å². The van der Waals surface area contributed by atoms with Gasteiger partial charge in [0.05, 0.1) is 30.1 Å². The Kier molecular flexibility index (Phi) is 8.46. The van der Waals surface area contributed by atoms with Crippen molar-refractivity contribution in [3.63, 3.8) is 0 Å². The van der Waals surface area contributed by atoms with E-state index in [2.05, 4.69) is 21.9 Å². The van der Waals surface area contributed by atoms with Crippen molar-refractivity contribution < 1.29 is 26.4 Å². The molecular formula is C34H38ClN5O6S2. The SMILES string of the molecule is COCC12CN(S(=O)(=O)c3cc4cc(Cl)ccc4n3S(=O)(=O)c3ccccc3)CC(=O)N1CC1(CCN(Cc3ccccc3)CC1)N2C. The molecule has 3 fully saturated rings. The first-order chi connectivity index (χ1) is 22.9. The van der Waals surface area contributed by atoms with Gasteiger partial charge in [-0.1, -0.05) is 60.1 Å². The van der Waals surface area contributed by atoms with Crippen molar-refractivity contribution in [3.05, 3.63) is 95.5 Å². The number of rotatable bonds is 8. The number of hydrogen-bond donors (Lipinski definition) is 0. The molecule has 3 aliphatic heterocycles. The van der Waals surface area contributed by atoms with Gasteiger partial charge in [-0.05, 0) is 61.9 Å². The Labute approximate surface area is 286 Å². The van der Waals surface area contributed by atoms with E-state index < -0.39 is 37.3 Å². The second kappa shape index (κ2) is 12.2. The van der Waals surface area contributed by atoms with Crippen LogP contribution in [0.25, 0.3) is 10.9 Å². The van der Waals surface area contributed by atoms with Gasteiger partial charge in [-0.3, -0.25) is 14.6 Å². The van der Waals surface area contributed by atoms with Gasteiger partial charge in [0.15, 0.2) is 5.03 Å². The maximum absolute atomic E-state index is 14.7. The topological polar surface area (TPSA) is 112 Å². The number of amides is 1. The van der Waals surface area contributed by atoms with Crippen LogP contribution in [0.2, 0.25) is 5.02 Å². The molecule has 1 unspecified atom stereocenters. The second-order valence-electron chi connectivity index (χ2n) is 13.0. The van der Waals surface area contributed by atoms with E-state index in [9.17, 15) is 21.6 Å². The number of ether oxygens (including phenoxy) is 1. The number of carbonyl (C=O) groups excluding carboxylic acids is 1. The van der Waals surface area contributed by atoms with Crippen LogP contribution in [-0.2, 0) is 36.1 Å². The fourth-order valence-corrected chi connectivity index (χ4v) is 11.4. The van der Waals surface area contributed by atoms with E-state index >= 15 is 0 Å². The molecule has 4 heterocycles. The number of likely N-dealkylation sites (N-methyl/N-ethyl adjacent to an activating group) is 1. The molecule has 254 valence electrons. The number of benzene rings is 3. The largest absolute Gasteiger partial charge is 0.381 e. The van der Waals surface area contributed by atoms with Gasteiger partial charge in [0.1, 0.15) is 5.66 Å². The molecule has 0 N–H and O–H groups in total. The average Bonchev–Trinajstić information content (AvgIpc) is 3.58. The summed E-state index contributed by atoms with van der Waals surface area (Å²) in [7, 11) is -5.44. The molecule has 11 nitrogen and oxygen atoms in total. The first-order valence-corrected chi connectivity index (χ1v) is 19.1. The standard InChI is InChI=1S/C34H38ClN5O6S2/c1-36-33(15-17-37(18-16-33)21-26-9-5-3-6-10-26)23-39-31(41)22-38(24-34(36,39)25-46-2)48(44,45)32-20-27-19-28(35)13-14-30(27)40(32)47(42,43)29-11-7-4-8-12-29/h3-14,19-20H,15-18,21-25H2,1-2H3. The van der Waals surface area contributed by atoms with Crippen molar-refractivity contribution in [2.75, 3.05) is 53.5 Å². The molecule has 3 saturated heterocycles. The van der Waals surface area contributed by atoms with Crippen LogP contribution in [0.1, 0.15) is 18.4 Å². The molecule has 1 spiro atoms. The molecule has 0 saturated carbocycles. The maximum atomic E-state index is 14.7. The Morgan fingerprint density at radius 2 is 1.52 bits per heavy atom. The molecule has 3 aliphatic rings. The molecule has 48 heavy (non-hydrogen) atoms. The molecule has 7 rings (SSSR count). The number of aromatic nitrogens is 1. The summed E-state index contributed by atoms with van der Waals surface area (Å²) in [5.41, 5.74) is -0.0511. The van der Waals surface area contributed by atoms with Crippen LogP contribution in [0.15, 0.2) is 94.9 Å². The molecule has 0 radical (unpaired) electrons. The molecule has 0 aliphatic carbocycles. The monoisotopic (exact) mass is 711 g/mol. The highest BCUT2D eigenvalue weighted by atomic mass is 35.5. The summed E-state index contributed by atoms with van der Waals surface area (Å²) in [5, 5.41) is 0.217. The predicted octanol–water partition coefficient (Wildman–Crippen LogP) is 3.69. The lowest BCUT2D eigenvalue weighted by Crippen LogP contribution is -2.70. The number of fused-ring (bicyclic) bond motifs is 2. The fraction of sp³-hybridized carbons (Fsp3) is 0.382. The molecule has 1 aromatic heterocycles. The van der Waals surface area contributed by atoms with Gasteiger partial charge in [0, 0.05) is 49.2 Å². The van der Waals surface area contributed by atoms with E-state index in [1.807, 2.05) is 25.2 Å². The van der Waals surface area contributed by atoms with E-state index in [1.54, 1.807) is 30.2 Å². The lowest BCUT2D eigenvalue weighted by atomic mass is 9.86. The second-order valence-corrected chi connectivity index (χ2v) is 17.1. The normalized spacial score (nSPS) is 22.5. The number of nitrogens with zero attached hydrogens (tertiary/aromatic N) is 5. The van der Waals surface area contributed by atoms with Gasteiger partial charge in [-0.2, -0.15) is 4.31 Å². The molecule has 1 amide bonds. The highest BCUT2D eigenvalue weighted by molar-refractivity contribution is 7.92. The number of sulfonamides is 1. The third-order valence-electron chi connectivity index (χ3n) is 10.3. The van der Waals surface area contributed by atoms with Crippen molar-refractivity contribution in [2.24, 2.45) is 0 Å². The smallest absolute Gasteiger partial charge is 0.269 e. The highest BCUT2D eigenvalue weighted by Gasteiger charge is 2.63. The zero-order valence-electron chi connectivity index (χ0n) is 26.8. The van der Waals surface area contributed by atoms with Gasteiger partial charge < -0.3 is 9.64 Å². The molecule has 3 aromatic carbocycles. The van der Waals surface area contributed by atoms with Gasteiger partial charge in [0.25, 0.3) is 20.0 Å². The summed E-state index contributed by atoms with van der Waals surface area (Å²) >= 11 is 6.25. The molecule has 4 aromatic rings. The number of carbonyl (C=O) groups is 1. The predicted molar refractivity (Wildman–Crippen MR) is 182 cm³/mol. The summed E-state index contributed by atoms with van der Waals surface area (Å²) in [6.45, 7) is 2.51. The molecular weight excluding hydrogens is 674 g/mol.